The Hall–Kier alpha value is -0.450. The van der Waals surface area contributed by atoms with Gasteiger partial charge in [0.25, 0.3) is 0 Å². The highest BCUT2D eigenvalue weighted by Crippen LogP contribution is 2.29. The van der Waals surface area contributed by atoms with Crippen molar-refractivity contribution in [1.82, 2.24) is 15.2 Å². The van der Waals surface area contributed by atoms with Gasteiger partial charge in [-0.25, -0.2) is 4.98 Å². The Kier molecular flexibility index (Phi) is 3.45. The molecule has 0 atom stereocenters. The lowest BCUT2D eigenvalue weighted by atomic mass is 9.94. The minimum atomic E-state index is 0.718. The molecule has 1 N–H and O–H groups in total. The molecule has 0 radical (unpaired) electrons. The highest BCUT2D eigenvalue weighted by molar-refractivity contribution is 7.09. The summed E-state index contributed by atoms with van der Waals surface area (Å²) in [7, 11) is 2.21. The van der Waals surface area contributed by atoms with E-state index in [1.807, 2.05) is 11.3 Å². The van der Waals surface area contributed by atoms with E-state index in [2.05, 4.69) is 22.6 Å². The molecule has 0 aromatic carbocycles. The van der Waals surface area contributed by atoms with Crippen LogP contribution in [-0.4, -0.2) is 43.1 Å². The SMILES string of the molecule is CN1CCC(c2csc(CC3CNC3)n2)CC1. The molecule has 0 bridgehead atoms. The Labute approximate surface area is 107 Å². The van der Waals surface area contributed by atoms with Crippen molar-refractivity contribution in [3.8, 4) is 0 Å². The summed E-state index contributed by atoms with van der Waals surface area (Å²) < 4.78 is 0. The van der Waals surface area contributed by atoms with Crippen LogP contribution in [-0.2, 0) is 6.42 Å². The van der Waals surface area contributed by atoms with E-state index in [0.717, 1.165) is 11.8 Å². The summed E-state index contributed by atoms with van der Waals surface area (Å²) in [5.74, 6) is 1.56. The van der Waals surface area contributed by atoms with E-state index in [-0.39, 0.29) is 0 Å². The van der Waals surface area contributed by atoms with Gasteiger partial charge in [-0.1, -0.05) is 0 Å². The molecular weight excluding hydrogens is 230 g/mol. The van der Waals surface area contributed by atoms with Gasteiger partial charge in [-0.2, -0.15) is 0 Å². The molecule has 0 amide bonds. The predicted octanol–water partition coefficient (Wildman–Crippen LogP) is 1.71. The number of hydrogen-bond donors (Lipinski definition) is 1. The van der Waals surface area contributed by atoms with Crippen LogP contribution >= 0.6 is 11.3 Å². The summed E-state index contributed by atoms with van der Waals surface area (Å²) in [5, 5.41) is 6.98. The van der Waals surface area contributed by atoms with Crippen LogP contribution in [0.25, 0.3) is 0 Å². The minimum absolute atomic E-state index is 0.718. The van der Waals surface area contributed by atoms with Gasteiger partial charge in [-0.3, -0.25) is 0 Å². The molecule has 2 fully saturated rings. The minimum Gasteiger partial charge on any atom is -0.316 e. The van der Waals surface area contributed by atoms with Crippen molar-refractivity contribution >= 4 is 11.3 Å². The number of nitrogens with one attached hydrogen (secondary N) is 1. The summed E-state index contributed by atoms with van der Waals surface area (Å²) in [5.41, 5.74) is 1.37. The molecule has 2 saturated heterocycles. The van der Waals surface area contributed by atoms with Gasteiger partial charge in [0.15, 0.2) is 0 Å². The first-order valence-electron chi connectivity index (χ1n) is 6.65. The second kappa shape index (κ2) is 5.04. The number of thiazole rings is 1. The second-order valence-electron chi connectivity index (χ2n) is 5.47. The molecular formula is C13H21N3S. The molecule has 2 aliphatic rings. The Bertz CT molecular complexity index is 364. The summed E-state index contributed by atoms with van der Waals surface area (Å²) in [6.07, 6.45) is 3.75. The fourth-order valence-corrected chi connectivity index (χ4v) is 3.64. The third-order valence-electron chi connectivity index (χ3n) is 4.04. The average Bonchev–Trinajstić information content (AvgIpc) is 2.73. The van der Waals surface area contributed by atoms with Crippen LogP contribution < -0.4 is 5.32 Å². The lowest BCUT2D eigenvalue weighted by molar-refractivity contribution is 0.253. The standard InChI is InChI=1S/C13H21N3S/c1-16-4-2-11(3-5-16)12-9-17-13(15-12)6-10-7-14-8-10/h9-11,14H,2-8H2,1H3. The molecule has 2 aliphatic heterocycles. The molecule has 0 unspecified atom stereocenters. The van der Waals surface area contributed by atoms with Gasteiger partial charge in [0.2, 0.25) is 0 Å². The number of aromatic nitrogens is 1. The van der Waals surface area contributed by atoms with E-state index >= 15 is 0 Å². The van der Waals surface area contributed by atoms with Crippen LogP contribution in [0.2, 0.25) is 0 Å². The topological polar surface area (TPSA) is 28.2 Å². The van der Waals surface area contributed by atoms with E-state index < -0.39 is 0 Å². The fourth-order valence-electron chi connectivity index (χ4n) is 2.65. The van der Waals surface area contributed by atoms with Crippen molar-refractivity contribution in [2.45, 2.75) is 25.2 Å². The monoisotopic (exact) mass is 251 g/mol. The van der Waals surface area contributed by atoms with Gasteiger partial charge >= 0.3 is 0 Å². The number of hydrogen-bond acceptors (Lipinski definition) is 4. The number of piperidine rings is 1. The fraction of sp³-hybridized carbons (Fsp3) is 0.769. The zero-order valence-electron chi connectivity index (χ0n) is 10.5. The summed E-state index contributed by atoms with van der Waals surface area (Å²) >= 11 is 1.87. The van der Waals surface area contributed by atoms with E-state index in [0.29, 0.717) is 0 Å². The van der Waals surface area contributed by atoms with Crippen LogP contribution in [0.3, 0.4) is 0 Å². The molecule has 3 rings (SSSR count). The second-order valence-corrected chi connectivity index (χ2v) is 6.41. The van der Waals surface area contributed by atoms with Crippen LogP contribution in [0.4, 0.5) is 0 Å². The maximum Gasteiger partial charge on any atom is 0.0932 e. The first-order valence-corrected chi connectivity index (χ1v) is 7.53. The Morgan fingerprint density at radius 3 is 2.82 bits per heavy atom. The quantitative estimate of drug-likeness (QED) is 0.886. The zero-order valence-corrected chi connectivity index (χ0v) is 11.3. The molecule has 17 heavy (non-hydrogen) atoms. The lowest BCUT2D eigenvalue weighted by Crippen LogP contribution is -2.43. The van der Waals surface area contributed by atoms with E-state index in [1.165, 1.54) is 56.1 Å². The average molecular weight is 251 g/mol. The van der Waals surface area contributed by atoms with Gasteiger partial charge in [0, 0.05) is 17.7 Å². The smallest absolute Gasteiger partial charge is 0.0932 e. The molecule has 0 spiro atoms. The van der Waals surface area contributed by atoms with Gasteiger partial charge < -0.3 is 10.2 Å². The molecule has 1 aromatic heterocycles. The Balaban J connectivity index is 1.59. The zero-order chi connectivity index (χ0) is 11.7. The van der Waals surface area contributed by atoms with Crippen molar-refractivity contribution in [3.63, 3.8) is 0 Å². The van der Waals surface area contributed by atoms with Gasteiger partial charge in [-0.05, 0) is 52.0 Å². The van der Waals surface area contributed by atoms with E-state index in [1.54, 1.807) is 0 Å². The first kappa shape index (κ1) is 11.6. The molecule has 1 aromatic rings. The van der Waals surface area contributed by atoms with E-state index in [4.69, 9.17) is 4.98 Å². The molecule has 0 saturated carbocycles. The molecule has 94 valence electrons. The van der Waals surface area contributed by atoms with Crippen LogP contribution in [0, 0.1) is 5.92 Å². The van der Waals surface area contributed by atoms with Gasteiger partial charge in [0.05, 0.1) is 10.7 Å². The lowest BCUT2D eigenvalue weighted by Gasteiger charge is -2.28. The van der Waals surface area contributed by atoms with Gasteiger partial charge in [0.1, 0.15) is 0 Å². The van der Waals surface area contributed by atoms with Crippen LogP contribution in [0.1, 0.15) is 29.5 Å². The highest BCUT2D eigenvalue weighted by Gasteiger charge is 2.22. The molecule has 3 nitrogen and oxygen atoms in total. The largest absolute Gasteiger partial charge is 0.316 e. The maximum absolute atomic E-state index is 4.85. The third kappa shape index (κ3) is 2.69. The molecule has 3 heterocycles. The van der Waals surface area contributed by atoms with Crippen LogP contribution in [0.15, 0.2) is 5.38 Å². The molecule has 0 aliphatic carbocycles. The first-order chi connectivity index (χ1) is 8.31. The summed E-state index contributed by atoms with van der Waals surface area (Å²) in [6.45, 7) is 4.82. The van der Waals surface area contributed by atoms with Gasteiger partial charge in [-0.15, -0.1) is 11.3 Å². The normalized spacial score (nSPS) is 23.8. The Morgan fingerprint density at radius 2 is 2.18 bits per heavy atom. The van der Waals surface area contributed by atoms with Crippen molar-refractivity contribution < 1.29 is 0 Å². The van der Waals surface area contributed by atoms with Crippen molar-refractivity contribution in [1.29, 1.82) is 0 Å². The molecule has 4 heteroatoms. The number of likely N-dealkylation sites (tertiary alicyclic amines) is 1. The van der Waals surface area contributed by atoms with E-state index in [9.17, 15) is 0 Å². The number of rotatable bonds is 3. The van der Waals surface area contributed by atoms with Crippen molar-refractivity contribution in [3.05, 3.63) is 16.1 Å². The summed E-state index contributed by atoms with van der Waals surface area (Å²) in [4.78, 5) is 7.27. The highest BCUT2D eigenvalue weighted by atomic mass is 32.1. The Morgan fingerprint density at radius 1 is 1.41 bits per heavy atom. The predicted molar refractivity (Wildman–Crippen MR) is 71.6 cm³/mol. The number of nitrogens with zero attached hydrogens (tertiary/aromatic N) is 2. The third-order valence-corrected chi connectivity index (χ3v) is 4.93. The maximum atomic E-state index is 4.85. The van der Waals surface area contributed by atoms with Crippen molar-refractivity contribution in [2.24, 2.45) is 5.92 Å². The van der Waals surface area contributed by atoms with Crippen molar-refractivity contribution in [2.75, 3.05) is 33.2 Å². The van der Waals surface area contributed by atoms with Crippen LogP contribution in [0.5, 0.6) is 0 Å². The summed E-state index contributed by atoms with van der Waals surface area (Å²) in [6, 6.07) is 0.